The lowest BCUT2D eigenvalue weighted by Crippen LogP contribution is -2.16. The summed E-state index contributed by atoms with van der Waals surface area (Å²) >= 11 is 0. The second-order valence-corrected chi connectivity index (χ2v) is 9.26. The molecule has 1 aromatic heterocycles. The molecule has 0 spiro atoms. The van der Waals surface area contributed by atoms with Crippen LogP contribution in [0.5, 0.6) is 0 Å². The third-order valence-electron chi connectivity index (χ3n) is 4.14. The van der Waals surface area contributed by atoms with E-state index in [4.69, 9.17) is 9.97 Å². The van der Waals surface area contributed by atoms with Crippen molar-refractivity contribution < 1.29 is 0 Å². The van der Waals surface area contributed by atoms with Gasteiger partial charge in [0.25, 0.3) is 0 Å². The van der Waals surface area contributed by atoms with Crippen LogP contribution in [0.3, 0.4) is 0 Å². The zero-order valence-corrected chi connectivity index (χ0v) is 15.8. The highest BCUT2D eigenvalue weighted by Gasteiger charge is 2.21. The van der Waals surface area contributed by atoms with Gasteiger partial charge in [-0.05, 0) is 53.0 Å². The van der Waals surface area contributed by atoms with Crippen molar-refractivity contribution in [1.29, 1.82) is 0 Å². The molecule has 0 radical (unpaired) electrons. The van der Waals surface area contributed by atoms with Crippen LogP contribution in [0.25, 0.3) is 22.1 Å². The third kappa shape index (κ3) is 3.75. The molecule has 0 aliphatic rings. The molecule has 24 heavy (non-hydrogen) atoms. The lowest BCUT2D eigenvalue weighted by Gasteiger charge is -2.25. The van der Waals surface area contributed by atoms with Gasteiger partial charge in [-0.15, -0.1) is 0 Å². The van der Waals surface area contributed by atoms with Gasteiger partial charge in [0.2, 0.25) is 0 Å². The van der Waals surface area contributed by atoms with Crippen molar-refractivity contribution in [3.8, 4) is 0 Å². The smallest absolute Gasteiger partial charge is 0.0929 e. The highest BCUT2D eigenvalue weighted by atomic mass is 14.8. The van der Waals surface area contributed by atoms with Crippen LogP contribution in [0.1, 0.15) is 52.7 Å². The summed E-state index contributed by atoms with van der Waals surface area (Å²) < 4.78 is 0. The van der Waals surface area contributed by atoms with Crippen molar-refractivity contribution in [2.45, 2.75) is 54.4 Å². The Kier molecular flexibility index (Phi) is 4.11. The third-order valence-corrected chi connectivity index (χ3v) is 4.14. The van der Waals surface area contributed by atoms with Gasteiger partial charge in [-0.3, -0.25) is 0 Å². The van der Waals surface area contributed by atoms with Crippen LogP contribution >= 0.6 is 0 Å². The minimum absolute atomic E-state index is 0.217. The molecule has 2 aromatic carbocycles. The maximum atomic E-state index is 4.99. The van der Waals surface area contributed by atoms with Gasteiger partial charge < -0.3 is 0 Å². The van der Waals surface area contributed by atoms with Crippen LogP contribution in [0.2, 0.25) is 0 Å². The first kappa shape index (κ1) is 16.9. The number of nitrogens with zero attached hydrogens (tertiary/aromatic N) is 2. The number of benzene rings is 2. The molecule has 0 amide bonds. The van der Waals surface area contributed by atoms with Crippen LogP contribution in [0.4, 0.5) is 0 Å². The molecule has 0 aliphatic heterocycles. The number of aromatic nitrogens is 2. The Hall–Kier alpha value is -1.96. The van der Waals surface area contributed by atoms with E-state index in [0.29, 0.717) is 0 Å². The van der Waals surface area contributed by atoms with E-state index < -0.39 is 0 Å². The summed E-state index contributed by atoms with van der Waals surface area (Å²) in [5.74, 6) is 0. The van der Waals surface area contributed by atoms with E-state index in [2.05, 4.69) is 59.7 Å². The second-order valence-electron chi connectivity index (χ2n) is 9.26. The van der Waals surface area contributed by atoms with Crippen LogP contribution in [0.15, 0.2) is 36.4 Å². The minimum Gasteiger partial charge on any atom is -0.244 e. The number of para-hydroxylation sites is 2. The maximum absolute atomic E-state index is 4.99. The first-order valence-electron chi connectivity index (χ1n) is 8.80. The molecule has 0 saturated heterocycles. The molecular formula is C22H28N2. The summed E-state index contributed by atoms with van der Waals surface area (Å²) in [7, 11) is 0. The summed E-state index contributed by atoms with van der Waals surface area (Å²) in [4.78, 5) is 9.83. The molecule has 0 saturated carbocycles. The average Bonchev–Trinajstić information content (AvgIpc) is 2.45. The molecule has 0 unspecified atom stereocenters. The standard InChI is InChI=1S/C22H28N2/c1-21(2,3)13-15-11-12-19-20(16(15)14-22(4,5)6)24-18-10-8-7-9-17(18)23-19/h7-12H,13-14H2,1-6H3. The highest BCUT2D eigenvalue weighted by Crippen LogP contribution is 2.32. The summed E-state index contributed by atoms with van der Waals surface area (Å²) in [6, 6.07) is 12.5. The molecule has 3 rings (SSSR count). The zero-order chi connectivity index (χ0) is 17.5. The van der Waals surface area contributed by atoms with Gasteiger partial charge in [0.05, 0.1) is 22.1 Å². The van der Waals surface area contributed by atoms with Crippen LogP contribution in [-0.2, 0) is 12.8 Å². The Morgan fingerprint density at radius 1 is 0.667 bits per heavy atom. The predicted octanol–water partition coefficient (Wildman–Crippen LogP) is 5.96. The van der Waals surface area contributed by atoms with Crippen molar-refractivity contribution in [1.82, 2.24) is 9.97 Å². The molecule has 0 bridgehead atoms. The minimum atomic E-state index is 0.217. The molecule has 2 heteroatoms. The normalized spacial score (nSPS) is 12.9. The number of rotatable bonds is 2. The highest BCUT2D eigenvalue weighted by molar-refractivity contribution is 5.88. The van der Waals surface area contributed by atoms with E-state index in [9.17, 15) is 0 Å². The van der Waals surface area contributed by atoms with Crippen molar-refractivity contribution in [2.24, 2.45) is 10.8 Å². The fraction of sp³-hybridized carbons (Fsp3) is 0.455. The van der Waals surface area contributed by atoms with E-state index in [0.717, 1.165) is 34.9 Å². The van der Waals surface area contributed by atoms with E-state index in [1.165, 1.54) is 11.1 Å². The Morgan fingerprint density at radius 3 is 1.83 bits per heavy atom. The molecule has 0 atom stereocenters. The Labute approximate surface area is 145 Å². The van der Waals surface area contributed by atoms with E-state index in [1.54, 1.807) is 0 Å². The SMILES string of the molecule is CC(C)(C)Cc1ccc2nc3ccccc3nc2c1CC(C)(C)C. The van der Waals surface area contributed by atoms with Gasteiger partial charge in [-0.25, -0.2) is 9.97 Å². The second kappa shape index (κ2) is 5.84. The van der Waals surface area contributed by atoms with Gasteiger partial charge in [0.15, 0.2) is 0 Å². The van der Waals surface area contributed by atoms with Crippen molar-refractivity contribution in [2.75, 3.05) is 0 Å². The van der Waals surface area contributed by atoms with Crippen molar-refractivity contribution in [3.05, 3.63) is 47.5 Å². The first-order chi connectivity index (χ1) is 11.1. The summed E-state index contributed by atoms with van der Waals surface area (Å²) in [6.07, 6.45) is 2.08. The lowest BCUT2D eigenvalue weighted by molar-refractivity contribution is 0.393. The maximum Gasteiger partial charge on any atom is 0.0929 e. The lowest BCUT2D eigenvalue weighted by atomic mass is 9.80. The largest absolute Gasteiger partial charge is 0.244 e. The van der Waals surface area contributed by atoms with E-state index in [1.807, 2.05) is 18.2 Å². The molecular weight excluding hydrogens is 292 g/mol. The van der Waals surface area contributed by atoms with Crippen LogP contribution in [-0.4, -0.2) is 9.97 Å². The summed E-state index contributed by atoms with van der Waals surface area (Å²) in [6.45, 7) is 13.8. The van der Waals surface area contributed by atoms with Crippen molar-refractivity contribution >= 4 is 22.1 Å². The van der Waals surface area contributed by atoms with Gasteiger partial charge in [-0.1, -0.05) is 59.7 Å². The molecule has 3 aromatic rings. The summed E-state index contributed by atoms with van der Waals surface area (Å²) in [5, 5.41) is 0. The van der Waals surface area contributed by atoms with Crippen molar-refractivity contribution in [3.63, 3.8) is 0 Å². The first-order valence-corrected chi connectivity index (χ1v) is 8.80. The number of hydrogen-bond acceptors (Lipinski definition) is 2. The molecule has 126 valence electrons. The Bertz CT molecular complexity index is 880. The Balaban J connectivity index is 2.27. The number of fused-ring (bicyclic) bond motifs is 2. The monoisotopic (exact) mass is 320 g/mol. The van der Waals surface area contributed by atoms with E-state index >= 15 is 0 Å². The van der Waals surface area contributed by atoms with Gasteiger partial charge in [-0.2, -0.15) is 0 Å². The molecule has 0 N–H and O–H groups in total. The zero-order valence-electron chi connectivity index (χ0n) is 15.8. The topological polar surface area (TPSA) is 25.8 Å². The van der Waals surface area contributed by atoms with Gasteiger partial charge >= 0.3 is 0 Å². The fourth-order valence-corrected chi connectivity index (χ4v) is 3.25. The van der Waals surface area contributed by atoms with Crippen LogP contribution in [0, 0.1) is 10.8 Å². The fourth-order valence-electron chi connectivity index (χ4n) is 3.25. The van der Waals surface area contributed by atoms with E-state index in [-0.39, 0.29) is 10.8 Å². The average molecular weight is 320 g/mol. The summed E-state index contributed by atoms with van der Waals surface area (Å²) in [5.41, 5.74) is 7.28. The number of hydrogen-bond donors (Lipinski definition) is 0. The Morgan fingerprint density at radius 2 is 1.25 bits per heavy atom. The molecule has 0 fully saturated rings. The molecule has 1 heterocycles. The van der Waals surface area contributed by atoms with Gasteiger partial charge in [0.1, 0.15) is 0 Å². The molecule has 2 nitrogen and oxygen atoms in total. The predicted molar refractivity (Wildman–Crippen MR) is 103 cm³/mol. The van der Waals surface area contributed by atoms with Crippen LogP contribution < -0.4 is 0 Å². The quantitative estimate of drug-likeness (QED) is 0.544. The molecule has 0 aliphatic carbocycles. The van der Waals surface area contributed by atoms with Gasteiger partial charge in [0, 0.05) is 0 Å².